The first-order valence-electron chi connectivity index (χ1n) is 3.77. The van der Waals surface area contributed by atoms with Gasteiger partial charge in [-0.2, -0.15) is 0 Å². The molecule has 0 saturated carbocycles. The van der Waals surface area contributed by atoms with Gasteiger partial charge >= 0.3 is 0 Å². The first-order valence-corrected chi connectivity index (χ1v) is 4.72. The van der Waals surface area contributed by atoms with Crippen LogP contribution in [0.1, 0.15) is 18.6 Å². The second kappa shape index (κ2) is 4.34. The molecule has 0 saturated heterocycles. The minimum Gasteiger partial charge on any atom is -0.479 e. The van der Waals surface area contributed by atoms with E-state index in [0.717, 1.165) is 11.3 Å². The summed E-state index contributed by atoms with van der Waals surface area (Å²) in [6.07, 6.45) is -1.29. The van der Waals surface area contributed by atoms with Crippen LogP contribution in [0.3, 0.4) is 0 Å². The Balaban J connectivity index is 2.73. The monoisotopic (exact) mass is 203 g/mol. The van der Waals surface area contributed by atoms with E-state index in [2.05, 4.69) is 0 Å². The van der Waals surface area contributed by atoms with E-state index < -0.39 is 11.9 Å². The van der Waals surface area contributed by atoms with Crippen molar-refractivity contribution in [2.45, 2.75) is 13.0 Å². The fraction of sp³-hybridized carbons (Fsp3) is 0.375. The lowest BCUT2D eigenvalue weighted by Crippen LogP contribution is -2.14. The predicted octanol–water partition coefficient (Wildman–Crippen LogP) is 1.93. The van der Waals surface area contributed by atoms with Crippen LogP contribution in [0.15, 0.2) is 10.8 Å². The summed E-state index contributed by atoms with van der Waals surface area (Å²) in [6.45, 7) is 1.99. The largest absolute Gasteiger partial charge is 0.479 e. The molecule has 0 bridgehead atoms. The molecule has 1 rings (SSSR count). The summed E-state index contributed by atoms with van der Waals surface area (Å²) in [5, 5.41) is 19.4. The fourth-order valence-electron chi connectivity index (χ4n) is 0.862. The van der Waals surface area contributed by atoms with Crippen molar-refractivity contribution in [1.29, 1.82) is 5.41 Å². The van der Waals surface area contributed by atoms with Crippen LogP contribution in [0.25, 0.3) is 0 Å². The molecule has 0 radical (unpaired) electrons. The zero-order valence-corrected chi connectivity index (χ0v) is 7.90. The van der Waals surface area contributed by atoms with Gasteiger partial charge in [-0.05, 0) is 6.92 Å². The van der Waals surface area contributed by atoms with Crippen LogP contribution in [0.5, 0.6) is 0 Å². The van der Waals surface area contributed by atoms with E-state index in [-0.39, 0.29) is 11.5 Å². The van der Waals surface area contributed by atoms with Gasteiger partial charge < -0.3 is 9.84 Å². The number of halogens is 1. The van der Waals surface area contributed by atoms with Crippen LogP contribution >= 0.6 is 11.3 Å². The number of ether oxygens (including phenoxy) is 1. The van der Waals surface area contributed by atoms with Crippen molar-refractivity contribution in [1.82, 2.24) is 0 Å². The normalized spacial score (nSPS) is 12.5. The average Bonchev–Trinajstić information content (AvgIpc) is 2.50. The maximum atomic E-state index is 12.9. The number of aliphatic hydroxyl groups excluding tert-OH is 1. The van der Waals surface area contributed by atoms with E-state index in [4.69, 9.17) is 10.1 Å². The highest BCUT2D eigenvalue weighted by Gasteiger charge is 2.19. The van der Waals surface area contributed by atoms with Gasteiger partial charge in [0.2, 0.25) is 5.90 Å². The van der Waals surface area contributed by atoms with Gasteiger partial charge in [0.25, 0.3) is 0 Å². The highest BCUT2D eigenvalue weighted by molar-refractivity contribution is 7.08. The van der Waals surface area contributed by atoms with Gasteiger partial charge in [0, 0.05) is 16.3 Å². The molecular weight excluding hydrogens is 193 g/mol. The summed E-state index contributed by atoms with van der Waals surface area (Å²) in [5.41, 5.74) is 0.100. The van der Waals surface area contributed by atoms with Crippen LogP contribution < -0.4 is 0 Å². The van der Waals surface area contributed by atoms with E-state index in [1.165, 1.54) is 10.8 Å². The Bertz CT molecular complexity index is 300. The van der Waals surface area contributed by atoms with Crippen LogP contribution in [-0.4, -0.2) is 17.6 Å². The van der Waals surface area contributed by atoms with Crippen LogP contribution in [0.4, 0.5) is 4.39 Å². The van der Waals surface area contributed by atoms with Crippen molar-refractivity contribution in [3.63, 3.8) is 0 Å². The van der Waals surface area contributed by atoms with Gasteiger partial charge in [-0.15, -0.1) is 11.3 Å². The minimum absolute atomic E-state index is 0.100. The van der Waals surface area contributed by atoms with Crippen molar-refractivity contribution in [3.05, 3.63) is 22.1 Å². The van der Waals surface area contributed by atoms with Gasteiger partial charge in [0.1, 0.15) is 5.82 Å². The van der Waals surface area contributed by atoms with Gasteiger partial charge in [-0.25, -0.2) is 4.39 Å². The topological polar surface area (TPSA) is 53.3 Å². The molecule has 0 aliphatic heterocycles. The molecule has 1 heterocycles. The standard InChI is InChI=1S/C8H10FNO2S/c1-2-12-8(10)7(11)5-3-13-4-6(5)9/h3-4,7,10-11H,2H2,1H3. The minimum atomic E-state index is -1.29. The van der Waals surface area contributed by atoms with E-state index in [0.29, 0.717) is 6.61 Å². The predicted molar refractivity (Wildman–Crippen MR) is 48.6 cm³/mol. The Kier molecular flexibility index (Phi) is 3.39. The van der Waals surface area contributed by atoms with Crippen molar-refractivity contribution in [2.75, 3.05) is 6.61 Å². The first kappa shape index (κ1) is 10.1. The first-order chi connectivity index (χ1) is 6.16. The maximum Gasteiger partial charge on any atom is 0.215 e. The van der Waals surface area contributed by atoms with E-state index in [9.17, 15) is 9.50 Å². The molecule has 0 aromatic carbocycles. The number of hydrogen-bond donors (Lipinski definition) is 2. The quantitative estimate of drug-likeness (QED) is 0.582. The molecule has 13 heavy (non-hydrogen) atoms. The molecule has 0 fully saturated rings. The van der Waals surface area contributed by atoms with Crippen LogP contribution in [-0.2, 0) is 4.74 Å². The van der Waals surface area contributed by atoms with Crippen molar-refractivity contribution in [2.24, 2.45) is 0 Å². The highest BCUT2D eigenvalue weighted by atomic mass is 32.1. The molecule has 1 aromatic rings. The molecule has 5 heteroatoms. The van der Waals surface area contributed by atoms with Crippen molar-refractivity contribution < 1.29 is 14.2 Å². The summed E-state index contributed by atoms with van der Waals surface area (Å²) in [6, 6.07) is 0. The highest BCUT2D eigenvalue weighted by Crippen LogP contribution is 2.21. The number of hydrogen-bond acceptors (Lipinski definition) is 4. The molecule has 2 N–H and O–H groups in total. The Morgan fingerprint density at radius 2 is 2.46 bits per heavy atom. The molecule has 3 nitrogen and oxygen atoms in total. The average molecular weight is 203 g/mol. The molecular formula is C8H10FNO2S. The summed E-state index contributed by atoms with van der Waals surface area (Å²) < 4.78 is 17.7. The SMILES string of the molecule is CCOC(=N)C(O)c1cscc1F. The van der Waals surface area contributed by atoms with Crippen molar-refractivity contribution >= 4 is 17.2 Å². The zero-order chi connectivity index (χ0) is 9.84. The number of thiophene rings is 1. The molecule has 0 aliphatic carbocycles. The Morgan fingerprint density at radius 1 is 1.77 bits per heavy atom. The number of nitrogens with one attached hydrogen (secondary N) is 1. The summed E-state index contributed by atoms with van der Waals surface area (Å²) >= 11 is 1.14. The maximum absolute atomic E-state index is 12.9. The Hall–Kier alpha value is -0.940. The summed E-state index contributed by atoms with van der Waals surface area (Å²) in [7, 11) is 0. The molecule has 1 aromatic heterocycles. The molecule has 1 atom stereocenters. The third-order valence-corrected chi connectivity index (χ3v) is 2.22. The van der Waals surface area contributed by atoms with Crippen LogP contribution in [0.2, 0.25) is 0 Å². The molecule has 0 amide bonds. The van der Waals surface area contributed by atoms with Gasteiger partial charge in [-0.1, -0.05) is 0 Å². The zero-order valence-electron chi connectivity index (χ0n) is 7.08. The second-order valence-corrected chi connectivity index (χ2v) is 3.12. The number of aliphatic hydroxyl groups is 1. The molecule has 1 unspecified atom stereocenters. The second-order valence-electron chi connectivity index (χ2n) is 2.37. The third kappa shape index (κ3) is 2.26. The van der Waals surface area contributed by atoms with E-state index in [1.807, 2.05) is 0 Å². The van der Waals surface area contributed by atoms with E-state index >= 15 is 0 Å². The third-order valence-electron chi connectivity index (χ3n) is 1.49. The summed E-state index contributed by atoms with van der Waals surface area (Å²) in [5.74, 6) is -0.818. The van der Waals surface area contributed by atoms with Crippen molar-refractivity contribution in [3.8, 4) is 0 Å². The van der Waals surface area contributed by atoms with Gasteiger partial charge in [0.05, 0.1) is 6.61 Å². The fourth-order valence-corrected chi connectivity index (χ4v) is 1.57. The van der Waals surface area contributed by atoms with E-state index in [1.54, 1.807) is 6.92 Å². The van der Waals surface area contributed by atoms with Gasteiger partial charge in [0.15, 0.2) is 6.10 Å². The smallest absolute Gasteiger partial charge is 0.215 e. The lowest BCUT2D eigenvalue weighted by Gasteiger charge is -2.10. The molecule has 0 spiro atoms. The lowest BCUT2D eigenvalue weighted by molar-refractivity contribution is 0.187. The number of rotatable bonds is 3. The summed E-state index contributed by atoms with van der Waals surface area (Å²) in [4.78, 5) is 0. The Labute approximate surface area is 79.3 Å². The molecule has 0 aliphatic rings. The lowest BCUT2D eigenvalue weighted by atomic mass is 10.2. The molecule has 72 valence electrons. The van der Waals surface area contributed by atoms with Crippen LogP contribution in [0, 0.1) is 11.2 Å². The van der Waals surface area contributed by atoms with Gasteiger partial charge in [-0.3, -0.25) is 5.41 Å². The Morgan fingerprint density at radius 3 is 2.92 bits per heavy atom.